The van der Waals surface area contributed by atoms with Gasteiger partial charge in [-0.25, -0.2) is 13.4 Å². The smallest absolute Gasteiger partial charge is 0.228 e. The summed E-state index contributed by atoms with van der Waals surface area (Å²) in [5.74, 6) is 1.34. The second-order valence-corrected chi connectivity index (χ2v) is 11.6. The van der Waals surface area contributed by atoms with Gasteiger partial charge < -0.3 is 15.5 Å². The molecule has 0 fully saturated rings. The first-order valence-electron chi connectivity index (χ1n) is 10.6. The Kier molecular flexibility index (Phi) is 6.60. The van der Waals surface area contributed by atoms with E-state index >= 15 is 0 Å². The molecule has 9 heteroatoms. The number of hydrogen-bond donors (Lipinski definition) is 2. The highest BCUT2D eigenvalue weighted by molar-refractivity contribution is 14.1. The SMILES string of the molecule is Cc1ccc2nc(N3CCS(=O)(=O)c4ccccc4C3)nc(NCC(C)(C)NCI)c2c1. The van der Waals surface area contributed by atoms with Crippen molar-refractivity contribution in [2.45, 2.75) is 37.8 Å². The first-order valence-corrected chi connectivity index (χ1v) is 13.8. The number of alkyl halides is 1. The van der Waals surface area contributed by atoms with E-state index in [1.165, 1.54) is 0 Å². The monoisotopic (exact) mass is 565 g/mol. The predicted molar refractivity (Wildman–Crippen MR) is 138 cm³/mol. The number of sulfone groups is 1. The minimum Gasteiger partial charge on any atom is -0.368 e. The number of anilines is 2. The van der Waals surface area contributed by atoms with E-state index in [9.17, 15) is 8.42 Å². The number of rotatable bonds is 6. The highest BCUT2D eigenvalue weighted by atomic mass is 127. The zero-order chi connectivity index (χ0) is 22.9. The zero-order valence-corrected chi connectivity index (χ0v) is 21.5. The van der Waals surface area contributed by atoms with Crippen LogP contribution in [-0.2, 0) is 16.4 Å². The molecule has 0 amide bonds. The molecule has 0 aliphatic carbocycles. The zero-order valence-electron chi connectivity index (χ0n) is 18.5. The van der Waals surface area contributed by atoms with Gasteiger partial charge >= 0.3 is 0 Å². The molecule has 32 heavy (non-hydrogen) atoms. The summed E-state index contributed by atoms with van der Waals surface area (Å²) in [6.45, 7) is 7.82. The molecule has 2 N–H and O–H groups in total. The van der Waals surface area contributed by atoms with Crippen LogP contribution in [0.25, 0.3) is 10.9 Å². The van der Waals surface area contributed by atoms with Crippen LogP contribution in [0.3, 0.4) is 0 Å². The summed E-state index contributed by atoms with van der Waals surface area (Å²) in [4.78, 5) is 12.0. The predicted octanol–water partition coefficient (Wildman–Crippen LogP) is 3.90. The van der Waals surface area contributed by atoms with E-state index < -0.39 is 9.84 Å². The molecule has 4 rings (SSSR count). The van der Waals surface area contributed by atoms with Crippen molar-refractivity contribution >= 4 is 55.1 Å². The first-order chi connectivity index (χ1) is 15.2. The van der Waals surface area contributed by atoms with Crippen LogP contribution in [0.4, 0.5) is 11.8 Å². The van der Waals surface area contributed by atoms with Crippen molar-refractivity contribution in [3.63, 3.8) is 0 Å². The Hall–Kier alpha value is -1.98. The summed E-state index contributed by atoms with van der Waals surface area (Å²) in [5.41, 5.74) is 2.64. The van der Waals surface area contributed by atoms with Gasteiger partial charge in [0.15, 0.2) is 9.84 Å². The summed E-state index contributed by atoms with van der Waals surface area (Å²) >= 11 is 2.31. The maximum absolute atomic E-state index is 12.8. The molecule has 7 nitrogen and oxygen atoms in total. The molecule has 1 aliphatic rings. The van der Waals surface area contributed by atoms with Crippen LogP contribution < -0.4 is 15.5 Å². The normalized spacial score (nSPS) is 15.9. The summed E-state index contributed by atoms with van der Waals surface area (Å²) in [7, 11) is -3.34. The molecule has 0 saturated carbocycles. The third-order valence-electron chi connectivity index (χ3n) is 5.66. The van der Waals surface area contributed by atoms with Gasteiger partial charge in [0.25, 0.3) is 0 Å². The number of fused-ring (bicyclic) bond motifs is 2. The van der Waals surface area contributed by atoms with Crippen LogP contribution in [0.5, 0.6) is 0 Å². The van der Waals surface area contributed by atoms with Crippen molar-refractivity contribution in [3.8, 4) is 0 Å². The lowest BCUT2D eigenvalue weighted by molar-refractivity contribution is 0.444. The minimum atomic E-state index is -3.34. The Balaban J connectivity index is 1.74. The highest BCUT2D eigenvalue weighted by Crippen LogP contribution is 2.29. The Labute approximate surface area is 203 Å². The van der Waals surface area contributed by atoms with Gasteiger partial charge in [0, 0.05) is 35.1 Å². The van der Waals surface area contributed by atoms with Crippen LogP contribution in [-0.4, -0.2) is 47.3 Å². The molecule has 0 bridgehead atoms. The highest BCUT2D eigenvalue weighted by Gasteiger charge is 2.27. The van der Waals surface area contributed by atoms with Gasteiger partial charge in [-0.15, -0.1) is 0 Å². The molecular formula is C23H28IN5O2S. The van der Waals surface area contributed by atoms with Crippen molar-refractivity contribution in [3.05, 3.63) is 53.6 Å². The van der Waals surface area contributed by atoms with Crippen molar-refractivity contribution in [1.29, 1.82) is 0 Å². The Morgan fingerprint density at radius 2 is 1.94 bits per heavy atom. The Morgan fingerprint density at radius 3 is 2.72 bits per heavy atom. The van der Waals surface area contributed by atoms with Crippen molar-refractivity contribution in [1.82, 2.24) is 15.3 Å². The minimum absolute atomic E-state index is 0.0364. The number of aromatic nitrogens is 2. The molecule has 0 unspecified atom stereocenters. The lowest BCUT2D eigenvalue weighted by atomic mass is 10.1. The molecule has 2 aromatic carbocycles. The lowest BCUT2D eigenvalue weighted by Crippen LogP contribution is -2.44. The van der Waals surface area contributed by atoms with Crippen LogP contribution in [0.1, 0.15) is 25.0 Å². The lowest BCUT2D eigenvalue weighted by Gasteiger charge is -2.27. The van der Waals surface area contributed by atoms with Crippen LogP contribution in [0.15, 0.2) is 47.4 Å². The van der Waals surface area contributed by atoms with Gasteiger partial charge in [-0.3, -0.25) is 0 Å². The quantitative estimate of drug-likeness (QED) is 0.266. The van der Waals surface area contributed by atoms with Crippen LogP contribution >= 0.6 is 22.6 Å². The van der Waals surface area contributed by atoms with E-state index in [1.54, 1.807) is 12.1 Å². The van der Waals surface area contributed by atoms with E-state index in [-0.39, 0.29) is 11.3 Å². The van der Waals surface area contributed by atoms with Crippen molar-refractivity contribution < 1.29 is 8.42 Å². The van der Waals surface area contributed by atoms with E-state index in [2.05, 4.69) is 60.1 Å². The largest absolute Gasteiger partial charge is 0.368 e. The number of hydrogen-bond acceptors (Lipinski definition) is 7. The molecule has 2 heterocycles. The Bertz CT molecular complexity index is 1250. The average molecular weight is 565 g/mol. The fraction of sp³-hybridized carbons (Fsp3) is 0.391. The second kappa shape index (κ2) is 9.11. The maximum atomic E-state index is 12.8. The second-order valence-electron chi connectivity index (χ2n) is 8.79. The number of nitrogens with zero attached hydrogens (tertiary/aromatic N) is 3. The molecule has 1 aliphatic heterocycles. The molecule has 1 aromatic heterocycles. The van der Waals surface area contributed by atoms with Gasteiger partial charge in [-0.1, -0.05) is 52.4 Å². The molecule has 0 spiro atoms. The van der Waals surface area contributed by atoms with Crippen molar-refractivity contribution in [2.24, 2.45) is 0 Å². The standard InChI is InChI=1S/C23H28IN5O2S/c1-16-8-9-19-18(12-16)21(25-14-23(2,3)26-15-24)28-22(27-19)29-10-11-32(30,31)20-7-5-4-6-17(20)13-29/h4-9,12,26H,10-11,13-15H2,1-3H3,(H,25,27,28). The third kappa shape index (κ3) is 4.99. The average Bonchev–Trinajstić information content (AvgIpc) is 2.88. The number of halogens is 1. The summed E-state index contributed by atoms with van der Waals surface area (Å²) < 4.78 is 26.4. The van der Waals surface area contributed by atoms with Crippen molar-refractivity contribution in [2.75, 3.05) is 33.6 Å². The van der Waals surface area contributed by atoms with Gasteiger partial charge in [-0.2, -0.15) is 4.98 Å². The topological polar surface area (TPSA) is 87.2 Å². The number of nitrogens with one attached hydrogen (secondary N) is 2. The summed E-state index contributed by atoms with van der Waals surface area (Å²) in [5, 5.41) is 7.93. The van der Waals surface area contributed by atoms with Gasteiger partial charge in [0.05, 0.1) is 16.2 Å². The van der Waals surface area contributed by atoms with Crippen LogP contribution in [0, 0.1) is 6.92 Å². The fourth-order valence-corrected chi connectivity index (χ4v) is 6.32. The number of benzene rings is 2. The van der Waals surface area contributed by atoms with E-state index in [1.807, 2.05) is 29.2 Å². The Morgan fingerprint density at radius 1 is 1.16 bits per heavy atom. The molecule has 0 saturated heterocycles. The summed E-state index contributed by atoms with van der Waals surface area (Å²) in [6, 6.07) is 13.3. The fourth-order valence-electron chi connectivity index (χ4n) is 3.79. The number of aryl methyl sites for hydroxylation is 1. The first kappa shape index (κ1) is 23.2. The van der Waals surface area contributed by atoms with E-state index in [4.69, 9.17) is 9.97 Å². The molecule has 0 atom stereocenters. The molecule has 0 radical (unpaired) electrons. The summed E-state index contributed by atoms with van der Waals surface area (Å²) in [6.07, 6.45) is 0. The van der Waals surface area contributed by atoms with E-state index in [0.717, 1.165) is 32.4 Å². The van der Waals surface area contributed by atoms with Gasteiger partial charge in [0.1, 0.15) is 5.82 Å². The van der Waals surface area contributed by atoms with Gasteiger partial charge in [-0.05, 0) is 44.5 Å². The maximum Gasteiger partial charge on any atom is 0.228 e. The molecule has 3 aromatic rings. The van der Waals surface area contributed by atoms with Crippen LogP contribution in [0.2, 0.25) is 0 Å². The van der Waals surface area contributed by atoms with Gasteiger partial charge in [0.2, 0.25) is 5.95 Å². The molecule has 170 valence electrons. The van der Waals surface area contributed by atoms with E-state index in [0.29, 0.717) is 30.5 Å². The third-order valence-corrected chi connectivity index (χ3v) is 7.83. The molecular weight excluding hydrogens is 537 g/mol.